The molecule has 0 aliphatic carbocycles. The second-order valence-electron chi connectivity index (χ2n) is 4.39. The van der Waals surface area contributed by atoms with Gasteiger partial charge in [-0.05, 0) is 19.4 Å². The van der Waals surface area contributed by atoms with Crippen LogP contribution in [0.5, 0.6) is 0 Å². The summed E-state index contributed by atoms with van der Waals surface area (Å²) in [6, 6.07) is -0.441. The molecule has 0 amide bonds. The predicted molar refractivity (Wildman–Crippen MR) is 53.5 cm³/mol. The maximum Gasteiger partial charge on any atom is 0.463 e. The summed E-state index contributed by atoms with van der Waals surface area (Å²) in [6.07, 6.45) is -2.45. The van der Waals surface area contributed by atoms with Gasteiger partial charge in [-0.15, -0.1) is 0 Å². The first-order valence-corrected chi connectivity index (χ1v) is 5.84. The summed E-state index contributed by atoms with van der Waals surface area (Å²) in [5.74, 6) is -6.98. The SMILES string of the molecule is FC(F)(F)C(F)(F)c1nc(C2CCCCCN2)no1. The van der Waals surface area contributed by atoms with Crippen molar-refractivity contribution in [3.63, 3.8) is 0 Å². The van der Waals surface area contributed by atoms with Crippen molar-refractivity contribution in [2.45, 2.75) is 43.8 Å². The molecule has 0 bridgehead atoms. The molecule has 1 aromatic heterocycles. The summed E-state index contributed by atoms with van der Waals surface area (Å²) in [5, 5.41) is 6.22. The van der Waals surface area contributed by atoms with Crippen molar-refractivity contribution < 1.29 is 26.5 Å². The van der Waals surface area contributed by atoms with Gasteiger partial charge in [-0.2, -0.15) is 26.9 Å². The van der Waals surface area contributed by atoms with Crippen LogP contribution in [-0.4, -0.2) is 22.9 Å². The fraction of sp³-hybridized carbons (Fsp3) is 0.800. The smallest absolute Gasteiger partial charge is 0.332 e. The van der Waals surface area contributed by atoms with Crippen molar-refractivity contribution in [3.05, 3.63) is 11.7 Å². The third kappa shape index (κ3) is 2.85. The van der Waals surface area contributed by atoms with Gasteiger partial charge in [-0.3, -0.25) is 0 Å². The highest BCUT2D eigenvalue weighted by atomic mass is 19.4. The van der Waals surface area contributed by atoms with Crippen LogP contribution in [0.2, 0.25) is 0 Å². The molecule has 1 atom stereocenters. The van der Waals surface area contributed by atoms with Gasteiger partial charge in [0.1, 0.15) is 0 Å². The number of hydrogen-bond acceptors (Lipinski definition) is 4. The van der Waals surface area contributed by atoms with E-state index in [2.05, 4.69) is 20.0 Å². The second-order valence-corrected chi connectivity index (χ2v) is 4.39. The molecular formula is C10H12F5N3O. The van der Waals surface area contributed by atoms with Crippen LogP contribution in [0.25, 0.3) is 0 Å². The largest absolute Gasteiger partial charge is 0.463 e. The Morgan fingerprint density at radius 2 is 1.84 bits per heavy atom. The van der Waals surface area contributed by atoms with Crippen LogP contribution in [0.4, 0.5) is 22.0 Å². The molecule has 1 fully saturated rings. The fourth-order valence-electron chi connectivity index (χ4n) is 1.87. The summed E-state index contributed by atoms with van der Waals surface area (Å²) in [6.45, 7) is 0.643. The van der Waals surface area contributed by atoms with Gasteiger partial charge in [0.15, 0.2) is 5.82 Å². The molecule has 9 heteroatoms. The number of nitrogens with zero attached hydrogens (tertiary/aromatic N) is 2. The average molecular weight is 285 g/mol. The van der Waals surface area contributed by atoms with E-state index in [-0.39, 0.29) is 5.82 Å². The van der Waals surface area contributed by atoms with E-state index in [1.54, 1.807) is 0 Å². The van der Waals surface area contributed by atoms with E-state index in [1.807, 2.05) is 0 Å². The van der Waals surface area contributed by atoms with Crippen LogP contribution in [0, 0.1) is 0 Å². The van der Waals surface area contributed by atoms with Gasteiger partial charge in [0, 0.05) is 0 Å². The van der Waals surface area contributed by atoms with Gasteiger partial charge in [-0.25, -0.2) is 0 Å². The summed E-state index contributed by atoms with van der Waals surface area (Å²) in [7, 11) is 0. The maximum atomic E-state index is 13.0. The molecule has 1 aromatic rings. The molecule has 4 nitrogen and oxygen atoms in total. The zero-order chi connectivity index (χ0) is 14.1. The Balaban J connectivity index is 2.18. The topological polar surface area (TPSA) is 51.0 Å². The maximum absolute atomic E-state index is 13.0. The summed E-state index contributed by atoms with van der Waals surface area (Å²) in [5.41, 5.74) is 0. The normalized spacial score (nSPS) is 22.3. The van der Waals surface area contributed by atoms with Crippen LogP contribution in [0.3, 0.4) is 0 Å². The van der Waals surface area contributed by atoms with Crippen LogP contribution in [0.15, 0.2) is 4.52 Å². The average Bonchev–Trinajstić information content (AvgIpc) is 2.65. The highest BCUT2D eigenvalue weighted by Gasteiger charge is 2.63. The third-order valence-corrected chi connectivity index (χ3v) is 2.94. The lowest BCUT2D eigenvalue weighted by Gasteiger charge is -2.14. The van der Waals surface area contributed by atoms with Gasteiger partial charge in [0.2, 0.25) is 0 Å². The number of aromatic nitrogens is 2. The molecule has 1 aliphatic heterocycles. The second kappa shape index (κ2) is 5.03. The van der Waals surface area contributed by atoms with Gasteiger partial charge < -0.3 is 9.84 Å². The summed E-state index contributed by atoms with van der Waals surface area (Å²) in [4.78, 5) is 3.20. The van der Waals surface area contributed by atoms with Crippen LogP contribution in [-0.2, 0) is 5.92 Å². The lowest BCUT2D eigenvalue weighted by molar-refractivity contribution is -0.298. The van der Waals surface area contributed by atoms with Crippen molar-refractivity contribution in [3.8, 4) is 0 Å². The van der Waals surface area contributed by atoms with Gasteiger partial charge >= 0.3 is 18.0 Å². The number of hydrogen-bond donors (Lipinski definition) is 1. The number of rotatable bonds is 2. The molecule has 1 saturated heterocycles. The van der Waals surface area contributed by atoms with Crippen molar-refractivity contribution in [1.29, 1.82) is 0 Å². The van der Waals surface area contributed by atoms with E-state index in [4.69, 9.17) is 0 Å². The summed E-state index contributed by atoms with van der Waals surface area (Å²) < 4.78 is 66.5. The zero-order valence-corrected chi connectivity index (χ0v) is 9.81. The molecule has 0 radical (unpaired) electrons. The molecule has 19 heavy (non-hydrogen) atoms. The van der Waals surface area contributed by atoms with E-state index in [9.17, 15) is 22.0 Å². The van der Waals surface area contributed by atoms with Crippen LogP contribution in [0.1, 0.15) is 43.4 Å². The number of halogens is 5. The Bertz CT molecular complexity index is 423. The van der Waals surface area contributed by atoms with Gasteiger partial charge in [0.25, 0.3) is 0 Å². The van der Waals surface area contributed by atoms with Crippen molar-refractivity contribution in [2.24, 2.45) is 0 Å². The molecule has 108 valence electrons. The van der Waals surface area contributed by atoms with Crippen LogP contribution < -0.4 is 5.32 Å². The molecule has 1 unspecified atom stereocenters. The highest BCUT2D eigenvalue weighted by molar-refractivity contribution is 5.01. The van der Waals surface area contributed by atoms with Gasteiger partial charge in [0.05, 0.1) is 6.04 Å². The Morgan fingerprint density at radius 3 is 2.53 bits per heavy atom. The molecule has 2 heterocycles. The predicted octanol–water partition coefficient (Wildman–Crippen LogP) is 2.93. The fourth-order valence-corrected chi connectivity index (χ4v) is 1.87. The zero-order valence-electron chi connectivity index (χ0n) is 9.81. The highest BCUT2D eigenvalue weighted by Crippen LogP contribution is 2.43. The minimum atomic E-state index is -5.74. The number of nitrogens with one attached hydrogen (secondary N) is 1. The van der Waals surface area contributed by atoms with E-state index < -0.39 is 24.0 Å². The lowest BCUT2D eigenvalue weighted by Crippen LogP contribution is -2.34. The number of alkyl halides is 5. The quantitative estimate of drug-likeness (QED) is 0.849. The molecule has 1 N–H and O–H groups in total. The first-order valence-electron chi connectivity index (χ1n) is 5.84. The van der Waals surface area contributed by atoms with E-state index in [1.165, 1.54) is 0 Å². The minimum Gasteiger partial charge on any atom is -0.332 e. The minimum absolute atomic E-state index is 0.152. The van der Waals surface area contributed by atoms with Crippen molar-refractivity contribution in [2.75, 3.05) is 6.54 Å². The standard InChI is InChI=1S/C10H12F5N3O/c11-9(12,10(13,14)15)8-17-7(18-19-8)6-4-2-1-3-5-16-6/h6,16H,1-5H2. The van der Waals surface area contributed by atoms with E-state index in [0.29, 0.717) is 13.0 Å². The van der Waals surface area contributed by atoms with Crippen molar-refractivity contribution >= 4 is 0 Å². The first-order chi connectivity index (χ1) is 8.82. The Kier molecular flexibility index (Phi) is 3.75. The van der Waals surface area contributed by atoms with E-state index in [0.717, 1.165) is 19.3 Å². The lowest BCUT2D eigenvalue weighted by atomic mass is 10.1. The van der Waals surface area contributed by atoms with Crippen molar-refractivity contribution in [1.82, 2.24) is 15.5 Å². The molecule has 0 aromatic carbocycles. The monoisotopic (exact) mass is 285 g/mol. The molecule has 1 aliphatic rings. The van der Waals surface area contributed by atoms with E-state index >= 15 is 0 Å². The Hall–Kier alpha value is -1.25. The summed E-state index contributed by atoms with van der Waals surface area (Å²) >= 11 is 0. The Labute approximate surface area is 105 Å². The first kappa shape index (κ1) is 14.2. The molecular weight excluding hydrogens is 273 g/mol. The van der Waals surface area contributed by atoms with Gasteiger partial charge in [-0.1, -0.05) is 18.0 Å². The molecule has 2 rings (SSSR count). The molecule has 0 saturated carbocycles. The molecule has 0 spiro atoms. The van der Waals surface area contributed by atoms with Crippen LogP contribution >= 0.6 is 0 Å². The Morgan fingerprint density at radius 1 is 1.11 bits per heavy atom. The third-order valence-electron chi connectivity index (χ3n) is 2.94.